The number of aliphatic hydroxyl groups excluding tert-OH is 1. The molecule has 1 saturated heterocycles. The number of likely N-dealkylation sites (tertiary alicyclic amines) is 1. The molecule has 1 aliphatic rings. The predicted octanol–water partition coefficient (Wildman–Crippen LogP) is 1.77. The summed E-state index contributed by atoms with van der Waals surface area (Å²) in [6.07, 6.45) is -0.873. The molecule has 0 bridgehead atoms. The highest BCUT2D eigenvalue weighted by Crippen LogP contribution is 2.24. The molecule has 1 aliphatic heterocycles. The van der Waals surface area contributed by atoms with E-state index in [0.717, 1.165) is 11.3 Å². The molecule has 2 atom stereocenters. The molecule has 25 heavy (non-hydrogen) atoms. The van der Waals surface area contributed by atoms with E-state index in [-0.39, 0.29) is 12.7 Å². The van der Waals surface area contributed by atoms with Crippen LogP contribution in [0.15, 0.2) is 54.6 Å². The van der Waals surface area contributed by atoms with Gasteiger partial charge in [-0.1, -0.05) is 36.4 Å². The Bertz CT molecular complexity index is 706. The van der Waals surface area contributed by atoms with Crippen molar-refractivity contribution in [3.05, 3.63) is 60.2 Å². The van der Waals surface area contributed by atoms with Crippen molar-refractivity contribution in [1.82, 2.24) is 4.90 Å². The van der Waals surface area contributed by atoms with Gasteiger partial charge < -0.3 is 19.7 Å². The van der Waals surface area contributed by atoms with Crippen LogP contribution in [0.4, 0.5) is 0 Å². The van der Waals surface area contributed by atoms with E-state index in [2.05, 4.69) is 4.90 Å². The molecule has 0 aliphatic carbocycles. The number of carboxylic acid groups (broad SMARTS) is 1. The predicted molar refractivity (Wildman–Crippen MR) is 91.7 cm³/mol. The highest BCUT2D eigenvalue weighted by atomic mass is 16.5. The Hall–Kier alpha value is -2.57. The first kappa shape index (κ1) is 17.3. The smallest absolute Gasteiger partial charge is 0.341 e. The number of ether oxygens (including phenoxy) is 2. The standard InChI is InChI=1S/C19H21NO5/c21-16-11-20(12-18(16)25-15-7-2-1-3-8-15)10-14-6-4-5-9-17(14)24-13-19(22)23/h1-9,16,18,21H,10-13H2,(H,22,23)/t16-,18-/m1/s1. The number of aliphatic carboxylic acids is 1. The zero-order valence-electron chi connectivity index (χ0n) is 13.7. The number of benzene rings is 2. The summed E-state index contributed by atoms with van der Waals surface area (Å²) >= 11 is 0. The molecule has 0 unspecified atom stereocenters. The van der Waals surface area contributed by atoms with Crippen molar-refractivity contribution in [2.24, 2.45) is 0 Å². The minimum atomic E-state index is -1.01. The lowest BCUT2D eigenvalue weighted by Crippen LogP contribution is -2.29. The number of carbonyl (C=O) groups is 1. The Morgan fingerprint density at radius 3 is 2.56 bits per heavy atom. The molecule has 132 valence electrons. The Morgan fingerprint density at radius 2 is 1.80 bits per heavy atom. The highest BCUT2D eigenvalue weighted by molar-refractivity contribution is 5.68. The van der Waals surface area contributed by atoms with Crippen LogP contribution in [0.3, 0.4) is 0 Å². The molecule has 2 aromatic carbocycles. The molecule has 6 heteroatoms. The van der Waals surface area contributed by atoms with Gasteiger partial charge in [0.2, 0.25) is 0 Å². The van der Waals surface area contributed by atoms with Gasteiger partial charge >= 0.3 is 5.97 Å². The minimum absolute atomic E-state index is 0.297. The molecule has 0 saturated carbocycles. The van der Waals surface area contributed by atoms with Crippen molar-refractivity contribution in [1.29, 1.82) is 0 Å². The Kier molecular flexibility index (Phi) is 5.53. The number of aliphatic hydroxyl groups is 1. The summed E-state index contributed by atoms with van der Waals surface area (Å²) in [6, 6.07) is 16.8. The van der Waals surface area contributed by atoms with Gasteiger partial charge in [-0.05, 0) is 18.2 Å². The highest BCUT2D eigenvalue weighted by Gasteiger charge is 2.33. The molecule has 0 radical (unpaired) electrons. The van der Waals surface area contributed by atoms with E-state index in [0.29, 0.717) is 25.4 Å². The third-order valence-corrected chi connectivity index (χ3v) is 4.06. The number of para-hydroxylation sites is 2. The van der Waals surface area contributed by atoms with E-state index in [1.165, 1.54) is 0 Å². The third kappa shape index (κ3) is 4.71. The summed E-state index contributed by atoms with van der Waals surface area (Å²) in [7, 11) is 0. The van der Waals surface area contributed by atoms with Crippen molar-refractivity contribution in [2.75, 3.05) is 19.7 Å². The van der Waals surface area contributed by atoms with Crippen molar-refractivity contribution in [3.63, 3.8) is 0 Å². The summed E-state index contributed by atoms with van der Waals surface area (Å²) in [6.45, 7) is 1.26. The molecular weight excluding hydrogens is 322 g/mol. The normalized spacial score (nSPS) is 20.4. The van der Waals surface area contributed by atoms with Crippen LogP contribution in [0.5, 0.6) is 11.5 Å². The first-order valence-electron chi connectivity index (χ1n) is 8.16. The van der Waals surface area contributed by atoms with Crippen molar-refractivity contribution >= 4 is 5.97 Å². The van der Waals surface area contributed by atoms with E-state index in [4.69, 9.17) is 14.6 Å². The molecule has 0 aromatic heterocycles. The van der Waals surface area contributed by atoms with Gasteiger partial charge in [0.1, 0.15) is 23.7 Å². The van der Waals surface area contributed by atoms with Crippen LogP contribution in [0.2, 0.25) is 0 Å². The van der Waals surface area contributed by atoms with E-state index in [1.54, 1.807) is 12.1 Å². The van der Waals surface area contributed by atoms with Crippen LogP contribution in [0.25, 0.3) is 0 Å². The fourth-order valence-electron chi connectivity index (χ4n) is 2.91. The van der Waals surface area contributed by atoms with Crippen LogP contribution in [-0.4, -0.2) is 53.0 Å². The van der Waals surface area contributed by atoms with Gasteiger partial charge in [-0.15, -0.1) is 0 Å². The summed E-state index contributed by atoms with van der Waals surface area (Å²) < 4.78 is 11.2. The van der Waals surface area contributed by atoms with Crippen LogP contribution in [0.1, 0.15) is 5.56 Å². The van der Waals surface area contributed by atoms with Crippen molar-refractivity contribution in [2.45, 2.75) is 18.8 Å². The zero-order valence-corrected chi connectivity index (χ0v) is 13.7. The number of hydrogen-bond donors (Lipinski definition) is 2. The second kappa shape index (κ2) is 8.00. The Balaban J connectivity index is 1.61. The zero-order chi connectivity index (χ0) is 17.6. The topological polar surface area (TPSA) is 79.2 Å². The van der Waals surface area contributed by atoms with Crippen LogP contribution >= 0.6 is 0 Å². The molecule has 0 spiro atoms. The maximum absolute atomic E-state index is 10.7. The van der Waals surface area contributed by atoms with Crippen LogP contribution in [-0.2, 0) is 11.3 Å². The maximum Gasteiger partial charge on any atom is 0.341 e. The van der Waals surface area contributed by atoms with Crippen LogP contribution in [0, 0.1) is 0 Å². The largest absolute Gasteiger partial charge is 0.486 e. The number of rotatable bonds is 7. The summed E-state index contributed by atoms with van der Waals surface area (Å²) in [5, 5.41) is 19.0. The second-order valence-corrected chi connectivity index (χ2v) is 6.02. The molecule has 2 aromatic rings. The average molecular weight is 343 g/mol. The van der Waals surface area contributed by atoms with Crippen LogP contribution < -0.4 is 9.47 Å². The van der Waals surface area contributed by atoms with Gasteiger partial charge in [-0.3, -0.25) is 4.90 Å². The molecule has 1 heterocycles. The Labute approximate surface area is 146 Å². The summed E-state index contributed by atoms with van der Waals surface area (Å²) in [4.78, 5) is 12.8. The quantitative estimate of drug-likeness (QED) is 0.798. The molecule has 2 N–H and O–H groups in total. The maximum atomic E-state index is 10.7. The number of hydrogen-bond acceptors (Lipinski definition) is 5. The average Bonchev–Trinajstić information content (AvgIpc) is 2.94. The van der Waals surface area contributed by atoms with E-state index in [9.17, 15) is 9.90 Å². The number of nitrogens with zero attached hydrogens (tertiary/aromatic N) is 1. The second-order valence-electron chi connectivity index (χ2n) is 6.02. The fraction of sp³-hybridized carbons (Fsp3) is 0.316. The SMILES string of the molecule is O=C(O)COc1ccccc1CN1C[C@@H](O)[C@H](Oc2ccccc2)C1. The monoisotopic (exact) mass is 343 g/mol. The van der Waals surface area contributed by atoms with Gasteiger partial charge in [0.15, 0.2) is 6.61 Å². The fourth-order valence-corrected chi connectivity index (χ4v) is 2.91. The molecule has 0 amide bonds. The first-order valence-corrected chi connectivity index (χ1v) is 8.16. The lowest BCUT2D eigenvalue weighted by atomic mass is 10.2. The van der Waals surface area contributed by atoms with Gasteiger partial charge in [-0.25, -0.2) is 4.79 Å². The lowest BCUT2D eigenvalue weighted by molar-refractivity contribution is -0.139. The van der Waals surface area contributed by atoms with E-state index in [1.807, 2.05) is 42.5 Å². The molecule has 1 fully saturated rings. The number of β-amino-alcohol motifs (C(OH)–C–C–N with tert-alkyl or cyclic N) is 1. The first-order chi connectivity index (χ1) is 12.1. The molecule has 6 nitrogen and oxygen atoms in total. The van der Waals surface area contributed by atoms with E-state index >= 15 is 0 Å². The van der Waals surface area contributed by atoms with Gasteiger partial charge in [0.25, 0.3) is 0 Å². The summed E-state index contributed by atoms with van der Waals surface area (Å²) in [5.41, 5.74) is 0.885. The molecular formula is C19H21NO5. The van der Waals surface area contributed by atoms with Gasteiger partial charge in [0.05, 0.1) is 0 Å². The minimum Gasteiger partial charge on any atom is -0.486 e. The Morgan fingerprint density at radius 1 is 1.08 bits per heavy atom. The van der Waals surface area contributed by atoms with Crippen molar-refractivity contribution in [3.8, 4) is 11.5 Å². The molecule has 3 rings (SSSR count). The summed E-state index contributed by atoms with van der Waals surface area (Å²) in [5.74, 6) is 0.271. The van der Waals surface area contributed by atoms with Gasteiger partial charge in [-0.2, -0.15) is 0 Å². The number of carboxylic acids is 1. The lowest BCUT2D eigenvalue weighted by Gasteiger charge is -2.18. The third-order valence-electron chi connectivity index (χ3n) is 4.06. The van der Waals surface area contributed by atoms with Gasteiger partial charge in [0, 0.05) is 25.2 Å². The van der Waals surface area contributed by atoms with E-state index < -0.39 is 12.1 Å². The van der Waals surface area contributed by atoms with Crippen molar-refractivity contribution < 1.29 is 24.5 Å².